The van der Waals surface area contributed by atoms with Crippen LogP contribution >= 0.6 is 15.9 Å². The topological polar surface area (TPSA) is 57.7 Å². The lowest BCUT2D eigenvalue weighted by atomic mass is 10.3. The van der Waals surface area contributed by atoms with Gasteiger partial charge in [0.15, 0.2) is 0 Å². The Labute approximate surface area is 120 Å². The Morgan fingerprint density at radius 2 is 1.84 bits per heavy atom. The van der Waals surface area contributed by atoms with Crippen LogP contribution in [0.15, 0.2) is 39.8 Å². The largest absolute Gasteiger partial charge is 0.382 e. The summed E-state index contributed by atoms with van der Waals surface area (Å²) in [4.78, 5) is 14.8. The minimum Gasteiger partial charge on any atom is -0.382 e. The zero-order valence-electron chi connectivity index (χ0n) is 10.5. The highest BCUT2D eigenvalue weighted by molar-refractivity contribution is 9.10. The summed E-state index contributed by atoms with van der Waals surface area (Å²) in [5, 5.41) is 0. The van der Waals surface area contributed by atoms with E-state index in [1.54, 1.807) is 43.3 Å². The number of sulfone groups is 1. The molecule has 0 atom stereocenters. The molecule has 0 saturated carbocycles. The maximum absolute atomic E-state index is 12.2. The smallest absolute Gasteiger partial charge is 0.272 e. The highest BCUT2D eigenvalue weighted by Crippen LogP contribution is 2.28. The monoisotopic (exact) mass is 344 g/mol. The fraction of sp³-hybridized carbons (Fsp3) is 0.250. The lowest BCUT2D eigenvalue weighted by Gasteiger charge is -2.13. The first-order valence-corrected chi connectivity index (χ1v) is 7.94. The van der Waals surface area contributed by atoms with Crippen molar-refractivity contribution in [3.05, 3.63) is 39.8 Å². The number of anilines is 1. The summed E-state index contributed by atoms with van der Waals surface area (Å²) >= 11 is 3.30. The molecular formula is C12H13BrN2O3S. The van der Waals surface area contributed by atoms with Gasteiger partial charge in [-0.15, -0.1) is 0 Å². The van der Waals surface area contributed by atoms with E-state index >= 15 is 0 Å². The van der Waals surface area contributed by atoms with E-state index in [1.807, 2.05) is 0 Å². The summed E-state index contributed by atoms with van der Waals surface area (Å²) < 4.78 is 24.9. The van der Waals surface area contributed by atoms with Crippen molar-refractivity contribution in [3.63, 3.8) is 0 Å². The van der Waals surface area contributed by atoms with Crippen LogP contribution in [0.5, 0.6) is 0 Å². The van der Waals surface area contributed by atoms with Crippen LogP contribution in [-0.4, -0.2) is 39.2 Å². The summed E-state index contributed by atoms with van der Waals surface area (Å²) in [5.74, 6) is -0.802. The van der Waals surface area contributed by atoms with Crippen LogP contribution in [0.3, 0.4) is 0 Å². The number of carbonyl (C=O) groups excluding carboxylic acids is 1. The highest BCUT2D eigenvalue weighted by Gasteiger charge is 2.40. The van der Waals surface area contributed by atoms with Crippen LogP contribution in [-0.2, 0) is 14.6 Å². The van der Waals surface area contributed by atoms with Gasteiger partial charge in [-0.1, -0.05) is 15.9 Å². The van der Waals surface area contributed by atoms with Gasteiger partial charge in [0.05, 0.1) is 0 Å². The molecule has 0 unspecified atom stereocenters. The average Bonchev–Trinajstić information content (AvgIpc) is 2.53. The molecule has 19 heavy (non-hydrogen) atoms. The second kappa shape index (κ2) is 4.97. The van der Waals surface area contributed by atoms with Gasteiger partial charge in [-0.25, -0.2) is 8.42 Å². The molecule has 1 heterocycles. The predicted molar refractivity (Wildman–Crippen MR) is 77.2 cm³/mol. The molecule has 0 bridgehead atoms. The Hall–Kier alpha value is -1.34. The van der Waals surface area contributed by atoms with Gasteiger partial charge in [-0.2, -0.15) is 0 Å². The molecule has 1 saturated heterocycles. The van der Waals surface area contributed by atoms with Crippen LogP contribution in [0.4, 0.5) is 5.69 Å². The average molecular weight is 345 g/mol. The first-order chi connectivity index (χ1) is 8.81. The maximum atomic E-state index is 12.2. The van der Waals surface area contributed by atoms with Gasteiger partial charge < -0.3 is 4.90 Å². The molecule has 0 N–H and O–H groups in total. The Morgan fingerprint density at radius 1 is 1.26 bits per heavy atom. The van der Waals surface area contributed by atoms with Crippen LogP contribution in [0.25, 0.3) is 0 Å². The lowest BCUT2D eigenvalue weighted by molar-refractivity contribution is -0.114. The fourth-order valence-electron chi connectivity index (χ4n) is 1.75. The van der Waals surface area contributed by atoms with Gasteiger partial charge in [-0.05, 0) is 24.3 Å². The van der Waals surface area contributed by atoms with Crippen molar-refractivity contribution in [1.82, 2.24) is 4.90 Å². The van der Waals surface area contributed by atoms with Gasteiger partial charge in [0.1, 0.15) is 10.8 Å². The predicted octanol–water partition coefficient (Wildman–Crippen LogP) is 1.57. The first-order valence-electron chi connectivity index (χ1n) is 5.50. The summed E-state index contributed by atoms with van der Waals surface area (Å²) in [6.07, 6.45) is 1.34. The number of amides is 1. The molecule has 1 fully saturated rings. The third-order valence-corrected chi connectivity index (χ3v) is 4.68. The third-order valence-electron chi connectivity index (χ3n) is 2.60. The molecular weight excluding hydrogens is 332 g/mol. The fourth-order valence-corrected chi connectivity index (χ4v) is 3.50. The summed E-state index contributed by atoms with van der Waals surface area (Å²) in [7, 11) is -0.197. The van der Waals surface area contributed by atoms with E-state index in [9.17, 15) is 13.2 Å². The Balaban J connectivity index is 2.42. The van der Waals surface area contributed by atoms with Gasteiger partial charge in [-0.3, -0.25) is 9.69 Å². The van der Waals surface area contributed by atoms with Crippen molar-refractivity contribution < 1.29 is 13.2 Å². The minimum absolute atomic E-state index is 0.166. The van der Waals surface area contributed by atoms with E-state index < -0.39 is 15.7 Å². The van der Waals surface area contributed by atoms with Gasteiger partial charge >= 0.3 is 0 Å². The van der Waals surface area contributed by atoms with Crippen LogP contribution in [0.1, 0.15) is 0 Å². The van der Waals surface area contributed by atoms with Crippen LogP contribution in [0, 0.1) is 0 Å². The van der Waals surface area contributed by atoms with Gasteiger partial charge in [0.25, 0.3) is 5.91 Å². The molecule has 1 aliphatic rings. The third kappa shape index (κ3) is 2.82. The van der Waals surface area contributed by atoms with Crippen LogP contribution < -0.4 is 4.90 Å². The van der Waals surface area contributed by atoms with Crippen molar-refractivity contribution in [2.45, 2.75) is 0 Å². The summed E-state index contributed by atoms with van der Waals surface area (Å²) in [6, 6.07) is 6.94. The van der Waals surface area contributed by atoms with Gasteiger partial charge in [0.2, 0.25) is 9.84 Å². The normalized spacial score (nSPS) is 20.1. The van der Waals surface area contributed by atoms with E-state index in [0.717, 1.165) is 4.47 Å². The highest BCUT2D eigenvalue weighted by atomic mass is 79.9. The zero-order chi connectivity index (χ0) is 14.2. The SMILES string of the molecule is CN(C)/C=C1\C(=O)N(c2ccc(Br)cc2)CS1(=O)=O. The number of halogens is 1. The molecule has 1 aliphatic heterocycles. The Kier molecular flexibility index (Phi) is 3.69. The maximum Gasteiger partial charge on any atom is 0.272 e. The second-order valence-corrected chi connectivity index (χ2v) is 7.25. The molecule has 2 rings (SSSR count). The second-order valence-electron chi connectivity index (χ2n) is 4.41. The molecule has 0 aromatic heterocycles. The summed E-state index contributed by atoms with van der Waals surface area (Å²) in [5.41, 5.74) is 0.568. The molecule has 5 nitrogen and oxygen atoms in total. The molecule has 1 aromatic carbocycles. The molecule has 0 aliphatic carbocycles. The number of rotatable bonds is 2. The molecule has 1 aromatic rings. The number of hydrogen-bond donors (Lipinski definition) is 0. The quantitative estimate of drug-likeness (QED) is 0.764. The molecule has 7 heteroatoms. The number of benzene rings is 1. The van der Waals surface area contributed by atoms with E-state index in [2.05, 4.69) is 15.9 Å². The van der Waals surface area contributed by atoms with E-state index in [0.29, 0.717) is 5.69 Å². The molecule has 1 amide bonds. The van der Waals surface area contributed by atoms with E-state index in [-0.39, 0.29) is 10.8 Å². The van der Waals surface area contributed by atoms with Crippen molar-refractivity contribution >= 4 is 37.4 Å². The number of carbonyl (C=O) groups is 1. The summed E-state index contributed by atoms with van der Waals surface area (Å²) in [6.45, 7) is 0. The number of nitrogens with zero attached hydrogens (tertiary/aromatic N) is 2. The standard InChI is InChI=1S/C12H13BrN2O3S/c1-14(2)7-11-12(16)15(8-19(11,17)18)10-5-3-9(13)4-6-10/h3-7H,8H2,1-2H3/b11-7+. The Morgan fingerprint density at radius 3 is 2.37 bits per heavy atom. The molecule has 0 spiro atoms. The lowest BCUT2D eigenvalue weighted by Crippen LogP contribution is -2.25. The first kappa shape index (κ1) is 14.1. The van der Waals surface area contributed by atoms with Crippen molar-refractivity contribution in [2.75, 3.05) is 24.9 Å². The Bertz CT molecular complexity index is 635. The van der Waals surface area contributed by atoms with Crippen molar-refractivity contribution in [3.8, 4) is 0 Å². The molecule has 0 radical (unpaired) electrons. The van der Waals surface area contributed by atoms with Crippen molar-refractivity contribution in [1.29, 1.82) is 0 Å². The minimum atomic E-state index is -3.55. The van der Waals surface area contributed by atoms with Crippen LogP contribution in [0.2, 0.25) is 0 Å². The zero-order valence-corrected chi connectivity index (χ0v) is 12.9. The number of hydrogen-bond acceptors (Lipinski definition) is 4. The van der Waals surface area contributed by atoms with E-state index in [4.69, 9.17) is 0 Å². The van der Waals surface area contributed by atoms with Crippen molar-refractivity contribution in [2.24, 2.45) is 0 Å². The van der Waals surface area contributed by atoms with E-state index in [1.165, 1.54) is 11.1 Å². The van der Waals surface area contributed by atoms with Gasteiger partial charge in [0, 0.05) is 30.5 Å². The molecule has 102 valence electrons.